The summed E-state index contributed by atoms with van der Waals surface area (Å²) in [6.45, 7) is 0.283. The van der Waals surface area contributed by atoms with E-state index in [1.54, 1.807) is 0 Å². The number of alkyl carbamates (subject to hydrolysis) is 1. The van der Waals surface area contributed by atoms with Gasteiger partial charge in [0.1, 0.15) is 12.6 Å². The number of amides is 2. The summed E-state index contributed by atoms with van der Waals surface area (Å²) in [7, 11) is 0. The maximum absolute atomic E-state index is 12.4. The molecule has 0 aromatic heterocycles. The molecule has 9 heteroatoms. The van der Waals surface area contributed by atoms with Gasteiger partial charge in [-0.2, -0.15) is 0 Å². The minimum absolute atomic E-state index is 0.0679. The molecular weight excluding hydrogens is 422 g/mol. The van der Waals surface area contributed by atoms with Crippen molar-refractivity contribution in [3.8, 4) is 11.1 Å². The maximum atomic E-state index is 12.4. The van der Waals surface area contributed by atoms with Crippen LogP contribution in [-0.4, -0.2) is 48.7 Å². The molecule has 0 saturated carbocycles. The monoisotopic (exact) mass is 446 g/mol. The van der Waals surface area contributed by atoms with Crippen molar-refractivity contribution in [2.24, 2.45) is 0 Å². The second kappa shape index (κ2) is 10.7. The molecular formula is C23H24F2N2O5. The van der Waals surface area contributed by atoms with E-state index in [0.717, 1.165) is 22.3 Å². The van der Waals surface area contributed by atoms with Crippen molar-refractivity contribution in [3.05, 3.63) is 59.7 Å². The number of carbonyl (C=O) groups is 3. The van der Waals surface area contributed by atoms with E-state index in [0.29, 0.717) is 0 Å². The fraction of sp³-hybridized carbons (Fsp3) is 0.348. The number of benzene rings is 2. The summed E-state index contributed by atoms with van der Waals surface area (Å²) in [4.78, 5) is 34.7. The standard InChI is InChI=1S/C23H24F2N2O5/c24-20(25)12-19(22(29)30)27-21(28)10-5-11-26-23(31)32-13-18-16-8-3-1-6-14(16)15-7-2-4-9-17(15)18/h1-4,6-9,18-20H,5,10-13H2,(H,26,31)(H,27,28)(H,29,30). The lowest BCUT2D eigenvalue weighted by molar-refractivity contribution is -0.143. The Hall–Kier alpha value is -3.49. The van der Waals surface area contributed by atoms with E-state index in [-0.39, 0.29) is 31.9 Å². The number of nitrogens with one attached hydrogen (secondary N) is 2. The molecule has 0 heterocycles. The van der Waals surface area contributed by atoms with Crippen molar-refractivity contribution in [1.82, 2.24) is 10.6 Å². The van der Waals surface area contributed by atoms with Crippen LogP contribution >= 0.6 is 0 Å². The Morgan fingerprint density at radius 3 is 2.16 bits per heavy atom. The highest BCUT2D eigenvalue weighted by Crippen LogP contribution is 2.44. The zero-order chi connectivity index (χ0) is 23.1. The lowest BCUT2D eigenvalue weighted by atomic mass is 9.98. The summed E-state index contributed by atoms with van der Waals surface area (Å²) in [6, 6.07) is 14.3. The molecule has 1 aliphatic rings. The van der Waals surface area contributed by atoms with Crippen LogP contribution in [0.5, 0.6) is 0 Å². The van der Waals surface area contributed by atoms with Crippen LogP contribution in [0.1, 0.15) is 36.3 Å². The van der Waals surface area contributed by atoms with Crippen molar-refractivity contribution in [1.29, 1.82) is 0 Å². The zero-order valence-corrected chi connectivity index (χ0v) is 17.2. The smallest absolute Gasteiger partial charge is 0.407 e. The van der Waals surface area contributed by atoms with Crippen LogP contribution in [0.4, 0.5) is 13.6 Å². The van der Waals surface area contributed by atoms with Gasteiger partial charge in [-0.3, -0.25) is 4.79 Å². The van der Waals surface area contributed by atoms with E-state index in [4.69, 9.17) is 9.84 Å². The third-order valence-corrected chi connectivity index (χ3v) is 5.24. The average Bonchev–Trinajstić information content (AvgIpc) is 3.08. The van der Waals surface area contributed by atoms with Gasteiger partial charge in [0.2, 0.25) is 12.3 Å². The highest BCUT2D eigenvalue weighted by molar-refractivity contribution is 5.83. The van der Waals surface area contributed by atoms with E-state index < -0.39 is 36.9 Å². The Balaban J connectivity index is 1.42. The molecule has 1 unspecified atom stereocenters. The molecule has 0 aliphatic heterocycles. The first-order valence-electron chi connectivity index (χ1n) is 10.3. The molecule has 0 radical (unpaired) electrons. The van der Waals surface area contributed by atoms with Crippen LogP contribution < -0.4 is 10.6 Å². The molecule has 0 spiro atoms. The van der Waals surface area contributed by atoms with Gasteiger partial charge >= 0.3 is 12.1 Å². The molecule has 2 aromatic carbocycles. The first-order valence-corrected chi connectivity index (χ1v) is 10.3. The van der Waals surface area contributed by atoms with Gasteiger partial charge in [-0.1, -0.05) is 48.5 Å². The summed E-state index contributed by atoms with van der Waals surface area (Å²) >= 11 is 0. The highest BCUT2D eigenvalue weighted by Gasteiger charge is 2.29. The number of carboxylic acids is 1. The second-order valence-electron chi connectivity index (χ2n) is 7.44. The van der Waals surface area contributed by atoms with Gasteiger partial charge in [0.15, 0.2) is 0 Å². The molecule has 0 saturated heterocycles. The summed E-state index contributed by atoms with van der Waals surface area (Å²) in [6.07, 6.45) is -4.34. The lowest BCUT2D eigenvalue weighted by Crippen LogP contribution is -2.42. The van der Waals surface area contributed by atoms with E-state index >= 15 is 0 Å². The molecule has 32 heavy (non-hydrogen) atoms. The van der Waals surface area contributed by atoms with E-state index in [1.165, 1.54) is 0 Å². The number of aliphatic carboxylic acids is 1. The number of carboxylic acid groups (broad SMARTS) is 1. The minimum Gasteiger partial charge on any atom is -0.480 e. The highest BCUT2D eigenvalue weighted by atomic mass is 19.3. The van der Waals surface area contributed by atoms with E-state index in [2.05, 4.69) is 10.6 Å². The van der Waals surface area contributed by atoms with Crippen LogP contribution in [0, 0.1) is 0 Å². The van der Waals surface area contributed by atoms with Crippen molar-refractivity contribution in [2.75, 3.05) is 13.2 Å². The molecule has 3 rings (SSSR count). The SMILES string of the molecule is O=C(CCCNC(=O)OCC1c2ccccc2-c2ccccc21)NC(CC(F)F)C(=O)O. The number of halogens is 2. The number of alkyl halides is 2. The zero-order valence-electron chi connectivity index (χ0n) is 17.2. The molecule has 2 amide bonds. The number of ether oxygens (including phenoxy) is 1. The molecule has 2 aromatic rings. The Bertz CT molecular complexity index is 937. The molecule has 1 atom stereocenters. The van der Waals surface area contributed by atoms with Crippen molar-refractivity contribution >= 4 is 18.0 Å². The topological polar surface area (TPSA) is 105 Å². The van der Waals surface area contributed by atoms with Crippen LogP contribution in [0.25, 0.3) is 11.1 Å². The fourth-order valence-electron chi connectivity index (χ4n) is 3.75. The lowest BCUT2D eigenvalue weighted by Gasteiger charge is -2.15. The van der Waals surface area contributed by atoms with Crippen molar-refractivity contribution in [3.63, 3.8) is 0 Å². The Kier molecular flexibility index (Phi) is 7.75. The molecule has 1 aliphatic carbocycles. The minimum atomic E-state index is -2.84. The molecule has 7 nitrogen and oxygen atoms in total. The van der Waals surface area contributed by atoms with Gasteiger partial charge < -0.3 is 20.5 Å². The second-order valence-corrected chi connectivity index (χ2v) is 7.44. The molecule has 170 valence electrons. The van der Waals surface area contributed by atoms with Crippen LogP contribution in [0.15, 0.2) is 48.5 Å². The number of hydrogen-bond acceptors (Lipinski definition) is 4. The van der Waals surface area contributed by atoms with Crippen LogP contribution in [0.2, 0.25) is 0 Å². The number of hydrogen-bond donors (Lipinski definition) is 3. The molecule has 0 bridgehead atoms. The van der Waals surface area contributed by atoms with Gasteiger partial charge in [0, 0.05) is 25.3 Å². The Labute approximate surface area is 183 Å². The van der Waals surface area contributed by atoms with Gasteiger partial charge in [-0.15, -0.1) is 0 Å². The molecule has 3 N–H and O–H groups in total. The molecule has 0 fully saturated rings. The van der Waals surface area contributed by atoms with E-state index in [9.17, 15) is 23.2 Å². The van der Waals surface area contributed by atoms with Gasteiger partial charge in [0.25, 0.3) is 0 Å². The summed E-state index contributed by atoms with van der Waals surface area (Å²) in [5.41, 5.74) is 4.43. The third-order valence-electron chi connectivity index (χ3n) is 5.24. The predicted octanol–water partition coefficient (Wildman–Crippen LogP) is 3.53. The van der Waals surface area contributed by atoms with Gasteiger partial charge in [-0.25, -0.2) is 18.4 Å². The largest absolute Gasteiger partial charge is 0.480 e. The Morgan fingerprint density at radius 1 is 1.00 bits per heavy atom. The Morgan fingerprint density at radius 2 is 1.59 bits per heavy atom. The summed E-state index contributed by atoms with van der Waals surface area (Å²) < 4.78 is 30.1. The van der Waals surface area contributed by atoms with E-state index in [1.807, 2.05) is 48.5 Å². The van der Waals surface area contributed by atoms with Crippen LogP contribution in [-0.2, 0) is 14.3 Å². The first kappa shape index (κ1) is 23.2. The first-order chi connectivity index (χ1) is 15.4. The maximum Gasteiger partial charge on any atom is 0.407 e. The van der Waals surface area contributed by atoms with Crippen molar-refractivity contribution < 1.29 is 33.0 Å². The normalized spacial score (nSPS) is 13.2. The summed E-state index contributed by atoms with van der Waals surface area (Å²) in [5.74, 6) is -2.26. The van der Waals surface area contributed by atoms with Crippen LogP contribution in [0.3, 0.4) is 0 Å². The predicted molar refractivity (Wildman–Crippen MR) is 112 cm³/mol. The summed E-state index contributed by atoms with van der Waals surface area (Å²) in [5, 5.41) is 13.5. The number of rotatable bonds is 10. The van der Waals surface area contributed by atoms with Crippen molar-refractivity contribution in [2.45, 2.75) is 37.6 Å². The number of carbonyl (C=O) groups excluding carboxylic acids is 2. The fourth-order valence-corrected chi connectivity index (χ4v) is 3.75. The average molecular weight is 446 g/mol. The number of fused-ring (bicyclic) bond motifs is 3. The van der Waals surface area contributed by atoms with Gasteiger partial charge in [-0.05, 0) is 28.7 Å². The third kappa shape index (κ3) is 5.81. The quantitative estimate of drug-likeness (QED) is 0.485. The van der Waals surface area contributed by atoms with Gasteiger partial charge in [0.05, 0.1) is 0 Å².